The number of nitrogens with one attached hydrogen (secondary N) is 1. The molecule has 2 heterocycles. The first-order valence-electron chi connectivity index (χ1n) is 9.04. The van der Waals surface area contributed by atoms with Crippen molar-refractivity contribution in [2.24, 2.45) is 0 Å². The number of aromatic nitrogens is 2. The van der Waals surface area contributed by atoms with Crippen molar-refractivity contribution in [3.05, 3.63) is 52.2 Å². The van der Waals surface area contributed by atoms with Crippen LogP contribution in [0.3, 0.4) is 0 Å². The number of hydrogen-bond acceptors (Lipinski definition) is 6. The molecule has 2 aromatic rings. The molecule has 3 rings (SSSR count). The van der Waals surface area contributed by atoms with Gasteiger partial charge < -0.3 is 10.1 Å². The number of ether oxygens (including phenoxy) is 1. The van der Waals surface area contributed by atoms with E-state index >= 15 is 0 Å². The lowest BCUT2D eigenvalue weighted by atomic mass is 10.2. The van der Waals surface area contributed by atoms with E-state index in [2.05, 4.69) is 10.4 Å². The van der Waals surface area contributed by atoms with Crippen LogP contribution in [-0.2, 0) is 16.1 Å². The number of benzene rings is 1. The number of rotatable bonds is 7. The third-order valence-electron chi connectivity index (χ3n) is 4.34. The van der Waals surface area contributed by atoms with E-state index in [4.69, 9.17) is 4.74 Å². The summed E-state index contributed by atoms with van der Waals surface area (Å²) in [5.41, 5.74) is 2.54. The van der Waals surface area contributed by atoms with Gasteiger partial charge in [-0.1, -0.05) is 12.1 Å². The summed E-state index contributed by atoms with van der Waals surface area (Å²) in [6.07, 6.45) is 1.67. The van der Waals surface area contributed by atoms with Gasteiger partial charge in [-0.25, -0.2) is 0 Å². The molecule has 0 spiro atoms. The minimum absolute atomic E-state index is 0.0962. The van der Waals surface area contributed by atoms with E-state index < -0.39 is 0 Å². The molecule has 1 N–H and O–H groups in total. The van der Waals surface area contributed by atoms with E-state index in [9.17, 15) is 14.4 Å². The predicted octanol–water partition coefficient (Wildman–Crippen LogP) is 2.36. The van der Waals surface area contributed by atoms with Crippen LogP contribution in [0.4, 0.5) is 4.79 Å². The van der Waals surface area contributed by atoms with Crippen molar-refractivity contribution < 1.29 is 19.1 Å². The Hall–Kier alpha value is -3.07. The number of aryl methyl sites for hydroxylation is 2. The highest BCUT2D eigenvalue weighted by Gasteiger charge is 2.34. The van der Waals surface area contributed by atoms with Gasteiger partial charge in [0.05, 0.1) is 17.7 Å². The largest absolute Gasteiger partial charge is 0.497 e. The maximum absolute atomic E-state index is 12.5. The number of amides is 3. The average Bonchev–Trinajstić information content (AvgIpc) is 3.14. The van der Waals surface area contributed by atoms with Crippen LogP contribution in [0.15, 0.2) is 35.2 Å². The van der Waals surface area contributed by atoms with Crippen LogP contribution >= 0.6 is 11.8 Å². The fraction of sp³-hybridized carbons (Fsp3) is 0.300. The van der Waals surface area contributed by atoms with Crippen LogP contribution in [0.2, 0.25) is 0 Å². The lowest BCUT2D eigenvalue weighted by Gasteiger charge is -2.13. The van der Waals surface area contributed by atoms with Gasteiger partial charge in [0.25, 0.3) is 11.1 Å². The molecule has 3 amide bonds. The Morgan fingerprint density at radius 3 is 2.59 bits per heavy atom. The Morgan fingerprint density at radius 2 is 1.97 bits per heavy atom. The highest BCUT2D eigenvalue weighted by Crippen LogP contribution is 2.32. The van der Waals surface area contributed by atoms with Gasteiger partial charge >= 0.3 is 0 Å². The lowest BCUT2D eigenvalue weighted by molar-refractivity contribution is -0.124. The molecule has 0 saturated carbocycles. The van der Waals surface area contributed by atoms with Crippen LogP contribution in [0.5, 0.6) is 5.75 Å². The van der Waals surface area contributed by atoms with Gasteiger partial charge in [-0.05, 0) is 55.4 Å². The summed E-state index contributed by atoms with van der Waals surface area (Å²) < 4.78 is 6.72. The van der Waals surface area contributed by atoms with Gasteiger partial charge in [0.15, 0.2) is 0 Å². The van der Waals surface area contributed by atoms with Gasteiger partial charge in [-0.2, -0.15) is 5.10 Å². The van der Waals surface area contributed by atoms with Crippen molar-refractivity contribution >= 4 is 34.9 Å². The molecule has 1 fully saturated rings. The molecule has 0 unspecified atom stereocenters. The lowest BCUT2D eigenvalue weighted by Crippen LogP contribution is -2.38. The molecule has 1 aromatic heterocycles. The zero-order valence-electron chi connectivity index (χ0n) is 16.5. The second-order valence-electron chi connectivity index (χ2n) is 6.54. The number of nitrogens with zero attached hydrogens (tertiary/aromatic N) is 3. The van der Waals surface area contributed by atoms with Crippen molar-refractivity contribution in [1.82, 2.24) is 20.0 Å². The number of imide groups is 1. The number of carbonyl (C=O) groups excluding carboxylic acids is 3. The summed E-state index contributed by atoms with van der Waals surface area (Å²) in [6.45, 7) is 4.14. The van der Waals surface area contributed by atoms with Crippen molar-refractivity contribution in [2.45, 2.75) is 20.4 Å². The fourth-order valence-electron chi connectivity index (χ4n) is 2.88. The molecule has 1 aliphatic heterocycles. The molecule has 8 nitrogen and oxygen atoms in total. The summed E-state index contributed by atoms with van der Waals surface area (Å²) in [7, 11) is 1.58. The minimum Gasteiger partial charge on any atom is -0.497 e. The van der Waals surface area contributed by atoms with Crippen LogP contribution < -0.4 is 10.1 Å². The normalized spacial score (nSPS) is 15.3. The molecular weight excluding hydrogens is 392 g/mol. The molecular formula is C20H22N4O4S. The van der Waals surface area contributed by atoms with Gasteiger partial charge in [-0.3, -0.25) is 24.0 Å². The molecule has 9 heteroatoms. The first-order valence-corrected chi connectivity index (χ1v) is 9.86. The first-order chi connectivity index (χ1) is 13.9. The molecule has 0 radical (unpaired) electrons. The van der Waals surface area contributed by atoms with E-state index in [-0.39, 0.29) is 36.7 Å². The Balaban J connectivity index is 1.53. The zero-order chi connectivity index (χ0) is 21.0. The highest BCUT2D eigenvalue weighted by molar-refractivity contribution is 8.18. The number of thioether (sulfide) groups is 1. The van der Waals surface area contributed by atoms with Crippen molar-refractivity contribution in [3.63, 3.8) is 0 Å². The molecule has 1 aliphatic rings. The van der Waals surface area contributed by atoms with E-state index in [1.54, 1.807) is 30.0 Å². The smallest absolute Gasteiger partial charge is 0.293 e. The quantitative estimate of drug-likeness (QED) is 0.699. The minimum atomic E-state index is -0.358. The molecule has 0 aliphatic carbocycles. The van der Waals surface area contributed by atoms with E-state index in [1.165, 1.54) is 0 Å². The summed E-state index contributed by atoms with van der Waals surface area (Å²) in [5.74, 6) is 0.132. The molecule has 1 saturated heterocycles. The molecule has 29 heavy (non-hydrogen) atoms. The molecule has 1 aromatic carbocycles. The summed E-state index contributed by atoms with van der Waals surface area (Å²) in [5, 5.41) is 6.62. The van der Waals surface area contributed by atoms with Gasteiger partial charge in [0.1, 0.15) is 12.3 Å². The Bertz CT molecular complexity index is 965. The second kappa shape index (κ2) is 8.95. The maximum Gasteiger partial charge on any atom is 0.293 e. The fourth-order valence-corrected chi connectivity index (χ4v) is 3.74. The van der Waals surface area contributed by atoms with Gasteiger partial charge in [0.2, 0.25) is 5.91 Å². The van der Waals surface area contributed by atoms with Crippen molar-refractivity contribution in [3.8, 4) is 5.75 Å². The molecule has 0 bridgehead atoms. The van der Waals surface area contributed by atoms with Gasteiger partial charge in [-0.15, -0.1) is 0 Å². The highest BCUT2D eigenvalue weighted by atomic mass is 32.2. The van der Waals surface area contributed by atoms with E-state index in [1.807, 2.05) is 32.0 Å². The van der Waals surface area contributed by atoms with Gasteiger partial charge in [0, 0.05) is 18.8 Å². The van der Waals surface area contributed by atoms with E-state index in [0.717, 1.165) is 33.6 Å². The number of methoxy groups -OCH3 is 1. The number of hydrogen-bond donors (Lipinski definition) is 1. The first kappa shape index (κ1) is 20.7. The third-order valence-corrected chi connectivity index (χ3v) is 5.25. The summed E-state index contributed by atoms with van der Waals surface area (Å²) >= 11 is 0.893. The average molecular weight is 414 g/mol. The predicted molar refractivity (Wildman–Crippen MR) is 110 cm³/mol. The summed E-state index contributed by atoms with van der Waals surface area (Å²) in [4.78, 5) is 38.3. The van der Waals surface area contributed by atoms with Crippen LogP contribution in [-0.4, -0.2) is 51.9 Å². The Kier molecular flexibility index (Phi) is 6.38. The SMILES string of the molecule is COc1ccc(C=C2SC(=O)N(CCNC(=O)Cn3nc(C)cc3C)C2=O)cc1. The van der Waals surface area contributed by atoms with Crippen molar-refractivity contribution in [1.29, 1.82) is 0 Å². The van der Waals surface area contributed by atoms with Crippen LogP contribution in [0, 0.1) is 13.8 Å². The van der Waals surface area contributed by atoms with Crippen molar-refractivity contribution in [2.75, 3.05) is 20.2 Å². The third kappa shape index (κ3) is 5.05. The van der Waals surface area contributed by atoms with E-state index in [0.29, 0.717) is 10.7 Å². The summed E-state index contributed by atoms with van der Waals surface area (Å²) in [6, 6.07) is 9.09. The second-order valence-corrected chi connectivity index (χ2v) is 7.53. The molecule has 152 valence electrons. The standard InChI is InChI=1S/C20H22N4O4S/c1-13-10-14(2)24(22-13)12-18(25)21-8-9-23-19(26)17(29-20(23)27)11-15-4-6-16(28-3)7-5-15/h4-7,10-11H,8-9,12H2,1-3H3,(H,21,25). The maximum atomic E-state index is 12.5. The van der Waals surface area contributed by atoms with Crippen LogP contribution in [0.25, 0.3) is 6.08 Å². The van der Waals surface area contributed by atoms with Crippen LogP contribution in [0.1, 0.15) is 17.0 Å². The molecule has 0 atom stereocenters. The Morgan fingerprint density at radius 1 is 1.24 bits per heavy atom. The Labute approximate surface area is 172 Å². The monoisotopic (exact) mass is 414 g/mol. The topological polar surface area (TPSA) is 93.5 Å². The zero-order valence-corrected chi connectivity index (χ0v) is 17.3. The number of carbonyl (C=O) groups is 3.